The Kier molecular flexibility index (Phi) is 5.83. The second kappa shape index (κ2) is 8.36. The molecule has 29 heavy (non-hydrogen) atoms. The molecule has 1 unspecified atom stereocenters. The molecule has 2 aliphatic heterocycles. The van der Waals surface area contributed by atoms with E-state index in [2.05, 4.69) is 6.08 Å². The third-order valence-electron chi connectivity index (χ3n) is 7.22. The molecule has 2 aliphatic carbocycles. The van der Waals surface area contributed by atoms with Crippen molar-refractivity contribution in [3.8, 4) is 0 Å². The van der Waals surface area contributed by atoms with Crippen molar-refractivity contribution in [1.29, 1.82) is 0 Å². The predicted molar refractivity (Wildman–Crippen MR) is 108 cm³/mol. The molecular weight excluding hydrogens is 370 g/mol. The van der Waals surface area contributed by atoms with Crippen molar-refractivity contribution >= 4 is 17.9 Å². The molecule has 160 valence electrons. The zero-order valence-corrected chi connectivity index (χ0v) is 17.5. The highest BCUT2D eigenvalue weighted by molar-refractivity contribution is 5.93. The van der Waals surface area contributed by atoms with Crippen LogP contribution in [0.1, 0.15) is 51.9 Å². The molecule has 0 bridgehead atoms. The van der Waals surface area contributed by atoms with Crippen LogP contribution in [0, 0.1) is 11.3 Å². The van der Waals surface area contributed by atoms with Crippen molar-refractivity contribution in [3.63, 3.8) is 0 Å². The van der Waals surface area contributed by atoms with E-state index in [0.717, 1.165) is 57.2 Å². The Bertz CT molecular complexity index is 688. The monoisotopic (exact) mass is 403 g/mol. The summed E-state index contributed by atoms with van der Waals surface area (Å²) in [5.74, 6) is 0.559. The summed E-state index contributed by atoms with van der Waals surface area (Å²) in [6, 6.07) is 0. The molecule has 3 fully saturated rings. The molecule has 0 aromatic heterocycles. The number of hydrogen-bond acceptors (Lipinski definition) is 4. The number of likely N-dealkylation sites (tertiary alicyclic amines) is 1. The highest BCUT2D eigenvalue weighted by atomic mass is 16.6. The van der Waals surface area contributed by atoms with Crippen LogP contribution >= 0.6 is 0 Å². The van der Waals surface area contributed by atoms with E-state index < -0.39 is 0 Å². The molecule has 0 aromatic carbocycles. The quantitative estimate of drug-likeness (QED) is 0.726. The van der Waals surface area contributed by atoms with Gasteiger partial charge in [-0.05, 0) is 57.3 Å². The number of nitrogens with zero attached hydrogens (tertiary/aromatic N) is 3. The van der Waals surface area contributed by atoms with Crippen molar-refractivity contribution in [3.05, 3.63) is 11.6 Å². The first-order chi connectivity index (χ1) is 14.0. The van der Waals surface area contributed by atoms with Crippen LogP contribution in [-0.2, 0) is 14.3 Å². The van der Waals surface area contributed by atoms with Crippen LogP contribution in [0.5, 0.6) is 0 Å². The van der Waals surface area contributed by atoms with E-state index in [9.17, 15) is 14.4 Å². The van der Waals surface area contributed by atoms with Crippen LogP contribution < -0.4 is 0 Å². The molecule has 1 atom stereocenters. The summed E-state index contributed by atoms with van der Waals surface area (Å²) in [6.07, 6.45) is 8.92. The first-order valence-corrected chi connectivity index (χ1v) is 11.2. The maximum absolute atomic E-state index is 13.0. The Morgan fingerprint density at radius 2 is 1.69 bits per heavy atom. The Balaban J connectivity index is 1.25. The minimum atomic E-state index is -0.285. The number of amides is 3. The maximum Gasteiger partial charge on any atom is 0.409 e. The largest absolute Gasteiger partial charge is 0.450 e. The van der Waals surface area contributed by atoms with Gasteiger partial charge < -0.3 is 19.4 Å². The lowest BCUT2D eigenvalue weighted by atomic mass is 9.89. The molecule has 4 aliphatic rings. The molecule has 2 saturated heterocycles. The van der Waals surface area contributed by atoms with E-state index in [1.807, 2.05) is 9.80 Å². The predicted octanol–water partition coefficient (Wildman–Crippen LogP) is 2.42. The molecule has 1 spiro atoms. The van der Waals surface area contributed by atoms with Crippen molar-refractivity contribution < 1.29 is 19.1 Å². The summed E-state index contributed by atoms with van der Waals surface area (Å²) < 4.78 is 5.05. The topological polar surface area (TPSA) is 70.2 Å². The van der Waals surface area contributed by atoms with Gasteiger partial charge in [0.25, 0.3) is 0 Å². The molecule has 7 heteroatoms. The second-order valence-electron chi connectivity index (χ2n) is 8.90. The normalized spacial score (nSPS) is 26.2. The molecule has 0 N–H and O–H groups in total. The Morgan fingerprint density at radius 1 is 1.00 bits per heavy atom. The fraction of sp³-hybridized carbons (Fsp3) is 0.773. The minimum absolute atomic E-state index is 0.0998. The van der Waals surface area contributed by atoms with Crippen LogP contribution in [0.15, 0.2) is 11.6 Å². The molecule has 1 saturated carbocycles. The summed E-state index contributed by atoms with van der Waals surface area (Å²) in [5, 5.41) is 0. The third kappa shape index (κ3) is 4.14. The number of rotatable bonds is 3. The Hall–Kier alpha value is -2.05. The van der Waals surface area contributed by atoms with Gasteiger partial charge in [-0.25, -0.2) is 4.79 Å². The summed E-state index contributed by atoms with van der Waals surface area (Å²) in [5.41, 5.74) is 1.10. The lowest BCUT2D eigenvalue weighted by Gasteiger charge is -2.36. The zero-order chi connectivity index (χ0) is 20.4. The van der Waals surface area contributed by atoms with Crippen LogP contribution in [0.2, 0.25) is 0 Å². The zero-order valence-electron chi connectivity index (χ0n) is 17.5. The van der Waals surface area contributed by atoms with E-state index in [1.165, 1.54) is 6.42 Å². The van der Waals surface area contributed by atoms with Crippen LogP contribution in [0.4, 0.5) is 4.79 Å². The van der Waals surface area contributed by atoms with E-state index in [4.69, 9.17) is 4.74 Å². The standard InChI is InChI=1S/C22H33N3O4/c1-2-29-21(28)25-14-12-24(13-15-25)20(27)18-16-22(18)8-10-23(11-9-22)19(26)17-6-4-3-5-7-17/h6,18H,2-5,7-16H2,1H3. The fourth-order valence-electron chi connectivity index (χ4n) is 5.18. The summed E-state index contributed by atoms with van der Waals surface area (Å²) in [4.78, 5) is 43.1. The molecule has 7 nitrogen and oxygen atoms in total. The summed E-state index contributed by atoms with van der Waals surface area (Å²) in [7, 11) is 0. The molecule has 2 heterocycles. The van der Waals surface area contributed by atoms with E-state index >= 15 is 0 Å². The molecule has 0 aromatic rings. The second-order valence-corrected chi connectivity index (χ2v) is 8.90. The van der Waals surface area contributed by atoms with Gasteiger partial charge in [-0.3, -0.25) is 9.59 Å². The number of hydrogen-bond donors (Lipinski definition) is 0. The van der Waals surface area contributed by atoms with E-state index in [0.29, 0.717) is 32.8 Å². The van der Waals surface area contributed by atoms with Gasteiger partial charge >= 0.3 is 6.09 Å². The van der Waals surface area contributed by atoms with Crippen LogP contribution in [-0.4, -0.2) is 78.5 Å². The number of carbonyl (C=O) groups excluding carboxylic acids is 3. The number of allylic oxidation sites excluding steroid dienone is 1. The number of piperidine rings is 1. The number of carbonyl (C=O) groups is 3. The average molecular weight is 404 g/mol. The smallest absolute Gasteiger partial charge is 0.409 e. The lowest BCUT2D eigenvalue weighted by Crippen LogP contribution is -2.51. The van der Waals surface area contributed by atoms with Gasteiger partial charge in [0.05, 0.1) is 6.61 Å². The SMILES string of the molecule is CCOC(=O)N1CCN(C(=O)C2CC23CCN(C(=O)C2=CCCCC2)CC3)CC1. The van der Waals surface area contributed by atoms with Crippen LogP contribution in [0.3, 0.4) is 0 Å². The molecule has 3 amide bonds. The summed E-state index contributed by atoms with van der Waals surface area (Å²) >= 11 is 0. The Labute approximate surface area is 173 Å². The van der Waals surface area contributed by atoms with Gasteiger partial charge in [-0.15, -0.1) is 0 Å². The lowest BCUT2D eigenvalue weighted by molar-refractivity contribution is -0.135. The minimum Gasteiger partial charge on any atom is -0.450 e. The average Bonchev–Trinajstić information content (AvgIpc) is 3.47. The Morgan fingerprint density at radius 3 is 2.31 bits per heavy atom. The van der Waals surface area contributed by atoms with Crippen molar-refractivity contribution in [2.75, 3.05) is 45.9 Å². The van der Waals surface area contributed by atoms with Crippen molar-refractivity contribution in [2.45, 2.75) is 51.9 Å². The van der Waals surface area contributed by atoms with Gasteiger partial charge in [0.15, 0.2) is 0 Å². The van der Waals surface area contributed by atoms with Gasteiger partial charge in [-0.1, -0.05) is 6.08 Å². The van der Waals surface area contributed by atoms with Gasteiger partial charge in [0, 0.05) is 50.8 Å². The molecule has 4 rings (SSSR count). The number of ether oxygens (including phenoxy) is 1. The van der Waals surface area contributed by atoms with Crippen LogP contribution in [0.25, 0.3) is 0 Å². The van der Waals surface area contributed by atoms with E-state index in [1.54, 1.807) is 11.8 Å². The van der Waals surface area contributed by atoms with Crippen molar-refractivity contribution in [1.82, 2.24) is 14.7 Å². The molecule has 0 radical (unpaired) electrons. The number of piperazine rings is 1. The van der Waals surface area contributed by atoms with Gasteiger partial charge in [0.1, 0.15) is 0 Å². The third-order valence-corrected chi connectivity index (χ3v) is 7.22. The maximum atomic E-state index is 13.0. The molecular formula is C22H33N3O4. The highest BCUT2D eigenvalue weighted by Gasteiger charge is 2.59. The van der Waals surface area contributed by atoms with Gasteiger partial charge in [0.2, 0.25) is 11.8 Å². The fourth-order valence-corrected chi connectivity index (χ4v) is 5.18. The van der Waals surface area contributed by atoms with E-state index in [-0.39, 0.29) is 29.2 Å². The first kappa shape index (κ1) is 20.2. The summed E-state index contributed by atoms with van der Waals surface area (Å²) in [6.45, 7) is 5.98. The van der Waals surface area contributed by atoms with Crippen molar-refractivity contribution in [2.24, 2.45) is 11.3 Å². The first-order valence-electron chi connectivity index (χ1n) is 11.2. The highest BCUT2D eigenvalue weighted by Crippen LogP contribution is 2.60. The van der Waals surface area contributed by atoms with Gasteiger partial charge in [-0.2, -0.15) is 0 Å².